The molecular weight excluding hydrogens is 701 g/mol. The Balaban J connectivity index is 4.13. The van der Waals surface area contributed by atoms with E-state index in [0.29, 0.717) is 17.4 Å². The molecule has 322 valence electrons. The first-order valence-electron chi connectivity index (χ1n) is 22.7. The summed E-state index contributed by atoms with van der Waals surface area (Å²) < 4.78 is 33.8. The number of nitrogens with zero attached hydrogens (tertiary/aromatic N) is 1. The third-order valence-corrected chi connectivity index (χ3v) is 11.1. The number of hydrogen-bond acceptors (Lipinski definition) is 8. The Bertz CT molecular complexity index is 896. The molecule has 0 bridgehead atoms. The van der Waals surface area contributed by atoms with Crippen LogP contribution in [-0.2, 0) is 32.7 Å². The van der Waals surface area contributed by atoms with Crippen molar-refractivity contribution in [3.8, 4) is 0 Å². The van der Waals surface area contributed by atoms with Crippen molar-refractivity contribution in [2.75, 3.05) is 47.5 Å². The molecule has 0 heterocycles. The number of phosphoric acid groups is 1. The Labute approximate surface area is 334 Å². The van der Waals surface area contributed by atoms with E-state index in [1.807, 2.05) is 21.1 Å². The van der Waals surface area contributed by atoms with Gasteiger partial charge in [0.15, 0.2) is 6.10 Å². The third kappa shape index (κ3) is 40.7. The number of phosphoric ester groups is 1. The average molecular weight is 790 g/mol. The average Bonchev–Trinajstić information content (AvgIpc) is 3.12. The predicted octanol–water partition coefficient (Wildman–Crippen LogP) is 12.2. The van der Waals surface area contributed by atoms with E-state index in [4.69, 9.17) is 18.5 Å². The maximum Gasteiger partial charge on any atom is 0.306 e. The third-order valence-electron chi connectivity index (χ3n) is 10.1. The van der Waals surface area contributed by atoms with Gasteiger partial charge in [-0.25, -0.2) is 0 Å². The highest BCUT2D eigenvalue weighted by Gasteiger charge is 2.21. The van der Waals surface area contributed by atoms with Gasteiger partial charge in [0.05, 0.1) is 27.7 Å². The molecule has 10 heteroatoms. The Hall–Kier alpha value is -0.990. The van der Waals surface area contributed by atoms with Crippen molar-refractivity contribution in [2.24, 2.45) is 0 Å². The molecule has 2 atom stereocenters. The largest absolute Gasteiger partial charge is 0.756 e. The van der Waals surface area contributed by atoms with E-state index in [-0.39, 0.29) is 32.0 Å². The number of likely N-dealkylation sites (N-methyl/N-ethyl adjacent to an activating group) is 1. The quantitative estimate of drug-likeness (QED) is 0.0260. The van der Waals surface area contributed by atoms with Crippen molar-refractivity contribution in [2.45, 2.75) is 225 Å². The van der Waals surface area contributed by atoms with E-state index in [0.717, 1.165) is 32.1 Å². The number of esters is 2. The molecule has 54 heavy (non-hydrogen) atoms. The zero-order valence-electron chi connectivity index (χ0n) is 36.2. The highest BCUT2D eigenvalue weighted by molar-refractivity contribution is 7.45. The van der Waals surface area contributed by atoms with Gasteiger partial charge in [0, 0.05) is 12.8 Å². The van der Waals surface area contributed by atoms with Crippen LogP contribution in [0, 0.1) is 0 Å². The van der Waals surface area contributed by atoms with Gasteiger partial charge in [-0.2, -0.15) is 0 Å². The fraction of sp³-hybridized carbons (Fsp3) is 0.955. The first kappa shape index (κ1) is 53.0. The van der Waals surface area contributed by atoms with E-state index < -0.39 is 26.5 Å². The molecule has 0 spiro atoms. The predicted molar refractivity (Wildman–Crippen MR) is 222 cm³/mol. The van der Waals surface area contributed by atoms with Crippen LogP contribution < -0.4 is 4.89 Å². The summed E-state index contributed by atoms with van der Waals surface area (Å²) in [6, 6.07) is 0. The van der Waals surface area contributed by atoms with Crippen LogP contribution in [0.1, 0.15) is 219 Å². The van der Waals surface area contributed by atoms with Crippen molar-refractivity contribution in [1.29, 1.82) is 0 Å². The summed E-state index contributed by atoms with van der Waals surface area (Å²) in [6.07, 6.45) is 37.2. The Morgan fingerprint density at radius 3 is 1.19 bits per heavy atom. The van der Waals surface area contributed by atoms with Crippen molar-refractivity contribution in [3.63, 3.8) is 0 Å². The lowest BCUT2D eigenvalue weighted by Crippen LogP contribution is -2.37. The molecule has 0 radical (unpaired) electrons. The van der Waals surface area contributed by atoms with E-state index in [1.54, 1.807) is 0 Å². The van der Waals surface area contributed by atoms with Gasteiger partial charge in [-0.05, 0) is 12.8 Å². The van der Waals surface area contributed by atoms with Crippen molar-refractivity contribution < 1.29 is 42.1 Å². The zero-order valence-corrected chi connectivity index (χ0v) is 37.1. The van der Waals surface area contributed by atoms with E-state index in [1.165, 1.54) is 154 Å². The topological polar surface area (TPSA) is 111 Å². The molecule has 0 aliphatic heterocycles. The number of rotatable bonds is 42. The summed E-state index contributed by atoms with van der Waals surface area (Å²) in [5, 5.41) is 0. The molecule has 0 fully saturated rings. The second-order valence-corrected chi connectivity index (χ2v) is 18.2. The molecule has 0 aromatic rings. The number of carbonyl (C=O) groups is 2. The molecule has 2 unspecified atom stereocenters. The van der Waals surface area contributed by atoms with Gasteiger partial charge in [-0.1, -0.05) is 194 Å². The van der Waals surface area contributed by atoms with E-state index in [2.05, 4.69) is 13.8 Å². The summed E-state index contributed by atoms with van der Waals surface area (Å²) in [7, 11) is 1.18. The molecule has 9 nitrogen and oxygen atoms in total. The highest BCUT2D eigenvalue weighted by atomic mass is 31.2. The second-order valence-electron chi connectivity index (χ2n) is 16.8. The van der Waals surface area contributed by atoms with Crippen LogP contribution in [0.2, 0.25) is 0 Å². The van der Waals surface area contributed by atoms with Gasteiger partial charge in [-0.15, -0.1) is 0 Å². The molecule has 0 N–H and O–H groups in total. The standard InChI is InChI=1S/C44H88NO8P/c1-6-8-10-12-14-16-17-18-19-20-21-22-23-24-25-26-27-28-29-31-33-35-37-44(47)53-42(41-52-54(48,49)51-39-38-45(3,4)5)40-50-43(46)36-34-32-30-15-13-11-9-7-2/h42H,6-41H2,1-5H3. The maximum absolute atomic E-state index is 12.7. The first-order chi connectivity index (χ1) is 26.0. The number of ether oxygens (including phenoxy) is 2. The SMILES string of the molecule is CCCCCCCCCCCCCCCCCCCCCCCCC(=O)OC(COC(=O)CCCCCCCCCC)COP(=O)([O-])OCC[N+](C)(C)C. The van der Waals surface area contributed by atoms with Gasteiger partial charge in [-0.3, -0.25) is 14.2 Å². The second kappa shape index (κ2) is 37.6. The van der Waals surface area contributed by atoms with Crippen molar-refractivity contribution in [1.82, 2.24) is 0 Å². The number of carbonyl (C=O) groups excluding carboxylic acids is 2. The number of quaternary nitrogens is 1. The molecule has 0 aliphatic carbocycles. The van der Waals surface area contributed by atoms with Crippen LogP contribution in [0.3, 0.4) is 0 Å². The summed E-state index contributed by atoms with van der Waals surface area (Å²) in [5.41, 5.74) is 0. The van der Waals surface area contributed by atoms with Gasteiger partial charge in [0.2, 0.25) is 0 Å². The van der Waals surface area contributed by atoms with Gasteiger partial charge in [0.1, 0.15) is 19.8 Å². The van der Waals surface area contributed by atoms with Gasteiger partial charge < -0.3 is 27.9 Å². The monoisotopic (exact) mass is 790 g/mol. The van der Waals surface area contributed by atoms with Crippen LogP contribution in [0.4, 0.5) is 0 Å². The van der Waals surface area contributed by atoms with Gasteiger partial charge >= 0.3 is 11.9 Å². The normalized spacial score (nSPS) is 13.5. The van der Waals surface area contributed by atoms with Crippen molar-refractivity contribution in [3.05, 3.63) is 0 Å². The molecule has 0 aliphatic rings. The number of unbranched alkanes of at least 4 members (excludes halogenated alkanes) is 28. The Morgan fingerprint density at radius 1 is 0.500 bits per heavy atom. The molecule has 0 saturated carbocycles. The molecule has 0 saturated heterocycles. The summed E-state index contributed by atoms with van der Waals surface area (Å²) >= 11 is 0. The fourth-order valence-corrected chi connectivity index (χ4v) is 7.27. The van der Waals surface area contributed by atoms with Crippen LogP contribution >= 0.6 is 7.82 Å². The lowest BCUT2D eigenvalue weighted by molar-refractivity contribution is -0.870. The fourth-order valence-electron chi connectivity index (χ4n) is 6.54. The molecule has 0 rings (SSSR count). The maximum atomic E-state index is 12.7. The molecule has 0 amide bonds. The molecular formula is C44H88NO8P. The zero-order chi connectivity index (χ0) is 40.0. The Morgan fingerprint density at radius 2 is 0.833 bits per heavy atom. The lowest BCUT2D eigenvalue weighted by atomic mass is 10.0. The van der Waals surface area contributed by atoms with E-state index >= 15 is 0 Å². The smallest absolute Gasteiger partial charge is 0.306 e. The van der Waals surface area contributed by atoms with Crippen molar-refractivity contribution >= 4 is 19.8 Å². The van der Waals surface area contributed by atoms with Crippen LogP contribution in [0.5, 0.6) is 0 Å². The summed E-state index contributed by atoms with van der Waals surface area (Å²) in [5.74, 6) is -0.825. The molecule has 0 aromatic heterocycles. The summed E-state index contributed by atoms with van der Waals surface area (Å²) in [4.78, 5) is 37.4. The van der Waals surface area contributed by atoms with Gasteiger partial charge in [0.25, 0.3) is 7.82 Å². The Kier molecular flexibility index (Phi) is 36.9. The van der Waals surface area contributed by atoms with Crippen LogP contribution in [0.15, 0.2) is 0 Å². The molecule has 0 aromatic carbocycles. The summed E-state index contributed by atoms with van der Waals surface area (Å²) in [6.45, 7) is 4.23. The minimum absolute atomic E-state index is 0.0260. The van der Waals surface area contributed by atoms with Crippen LogP contribution in [-0.4, -0.2) is 70.0 Å². The minimum atomic E-state index is -4.61. The number of hydrogen-bond donors (Lipinski definition) is 0. The van der Waals surface area contributed by atoms with Crippen LogP contribution in [0.25, 0.3) is 0 Å². The first-order valence-corrected chi connectivity index (χ1v) is 24.2. The highest BCUT2D eigenvalue weighted by Crippen LogP contribution is 2.38. The minimum Gasteiger partial charge on any atom is -0.756 e. The lowest BCUT2D eigenvalue weighted by Gasteiger charge is -2.28. The van der Waals surface area contributed by atoms with E-state index in [9.17, 15) is 19.0 Å².